The molecule has 170 valence electrons. The highest BCUT2D eigenvalue weighted by molar-refractivity contribution is 5.48. The van der Waals surface area contributed by atoms with Gasteiger partial charge in [-0.25, -0.2) is 0 Å². The molecule has 10 heteroatoms. The highest BCUT2D eigenvalue weighted by Gasteiger charge is 2.36. The van der Waals surface area contributed by atoms with Gasteiger partial charge in [0, 0.05) is 63.5 Å². The van der Waals surface area contributed by atoms with E-state index in [9.17, 15) is 4.79 Å². The maximum atomic E-state index is 12.4. The highest BCUT2D eigenvalue weighted by atomic mass is 16.5. The third-order valence-corrected chi connectivity index (χ3v) is 6.95. The van der Waals surface area contributed by atoms with Crippen LogP contribution >= 0.6 is 0 Å². The molecule has 3 fully saturated rings. The Hall–Kier alpha value is -2.72. The van der Waals surface area contributed by atoms with Crippen molar-refractivity contribution >= 4 is 17.8 Å². The fraction of sp³-hybridized carbons (Fsp3) is 0.636. The van der Waals surface area contributed by atoms with Gasteiger partial charge in [0.2, 0.25) is 17.8 Å². The van der Waals surface area contributed by atoms with Crippen molar-refractivity contribution in [3.8, 4) is 0 Å². The quantitative estimate of drug-likeness (QED) is 0.671. The Balaban J connectivity index is 1.34. The third kappa shape index (κ3) is 3.71. The molecule has 4 aliphatic heterocycles. The lowest BCUT2D eigenvalue weighted by Gasteiger charge is -2.43. The predicted octanol–water partition coefficient (Wildman–Crippen LogP) is 0.330. The Morgan fingerprint density at radius 1 is 0.750 bits per heavy atom. The molecule has 0 radical (unpaired) electrons. The van der Waals surface area contributed by atoms with Crippen LogP contribution in [-0.2, 0) is 16.0 Å². The minimum atomic E-state index is 0.106. The van der Waals surface area contributed by atoms with Crippen LogP contribution in [0.1, 0.15) is 18.0 Å². The minimum absolute atomic E-state index is 0.106. The summed E-state index contributed by atoms with van der Waals surface area (Å²) in [6, 6.07) is 5.64. The number of hydrogen-bond acceptors (Lipinski definition) is 9. The van der Waals surface area contributed by atoms with Crippen LogP contribution in [0.3, 0.4) is 0 Å². The zero-order valence-corrected chi connectivity index (χ0v) is 18.2. The molecule has 0 aliphatic carbocycles. The van der Waals surface area contributed by atoms with Gasteiger partial charge in [-0.05, 0) is 18.4 Å². The second-order valence-corrected chi connectivity index (χ2v) is 9.04. The van der Waals surface area contributed by atoms with E-state index in [2.05, 4.69) is 20.8 Å². The second kappa shape index (κ2) is 8.32. The second-order valence-electron chi connectivity index (χ2n) is 9.04. The molecule has 32 heavy (non-hydrogen) atoms. The van der Waals surface area contributed by atoms with Crippen LogP contribution in [0.15, 0.2) is 23.0 Å². The number of anilines is 3. The molecule has 2 bridgehead atoms. The topological polar surface area (TPSA) is 88.9 Å². The number of rotatable bonds is 3. The van der Waals surface area contributed by atoms with Crippen molar-refractivity contribution in [3.63, 3.8) is 0 Å². The molecular formula is C22H29N7O3. The van der Waals surface area contributed by atoms with Crippen LogP contribution < -0.4 is 20.3 Å². The minimum Gasteiger partial charge on any atom is -0.378 e. The van der Waals surface area contributed by atoms with Crippen LogP contribution in [-0.4, -0.2) is 85.2 Å². The van der Waals surface area contributed by atoms with Crippen molar-refractivity contribution in [2.45, 2.75) is 18.9 Å². The number of piperidine rings is 1. The lowest BCUT2D eigenvalue weighted by molar-refractivity contribution is 0.121. The molecule has 2 aromatic rings. The summed E-state index contributed by atoms with van der Waals surface area (Å²) in [6.45, 7) is 8.32. The highest BCUT2D eigenvalue weighted by Crippen LogP contribution is 2.36. The number of ether oxygens (including phenoxy) is 2. The van der Waals surface area contributed by atoms with Crippen molar-refractivity contribution in [2.24, 2.45) is 5.92 Å². The summed E-state index contributed by atoms with van der Waals surface area (Å²) in [5.74, 6) is 2.92. The molecule has 2 unspecified atom stereocenters. The van der Waals surface area contributed by atoms with Gasteiger partial charge in [0.1, 0.15) is 0 Å². The normalized spacial score (nSPS) is 25.6. The molecule has 3 saturated heterocycles. The lowest BCUT2D eigenvalue weighted by Crippen LogP contribution is -2.48. The number of fused-ring (bicyclic) bond motifs is 4. The molecule has 0 N–H and O–H groups in total. The molecule has 6 rings (SSSR count). The first-order valence-corrected chi connectivity index (χ1v) is 11.6. The number of nitrogens with zero attached hydrogens (tertiary/aromatic N) is 7. The van der Waals surface area contributed by atoms with E-state index in [0.717, 1.165) is 75.8 Å². The van der Waals surface area contributed by atoms with Gasteiger partial charge in [-0.2, -0.15) is 15.0 Å². The van der Waals surface area contributed by atoms with Crippen molar-refractivity contribution in [2.75, 3.05) is 80.4 Å². The monoisotopic (exact) mass is 439 g/mol. The van der Waals surface area contributed by atoms with Crippen molar-refractivity contribution in [3.05, 3.63) is 34.2 Å². The van der Waals surface area contributed by atoms with Gasteiger partial charge in [-0.1, -0.05) is 6.07 Å². The van der Waals surface area contributed by atoms with Gasteiger partial charge in [0.05, 0.1) is 26.4 Å². The van der Waals surface area contributed by atoms with Crippen LogP contribution in [0.2, 0.25) is 0 Å². The predicted molar refractivity (Wildman–Crippen MR) is 120 cm³/mol. The molecule has 2 atom stereocenters. The number of hydrogen-bond donors (Lipinski definition) is 0. The van der Waals surface area contributed by atoms with E-state index in [4.69, 9.17) is 24.4 Å². The molecule has 4 aliphatic rings. The fourth-order valence-electron chi connectivity index (χ4n) is 5.35. The van der Waals surface area contributed by atoms with Gasteiger partial charge < -0.3 is 28.7 Å². The number of pyridine rings is 1. The van der Waals surface area contributed by atoms with E-state index in [1.165, 1.54) is 0 Å². The molecule has 0 amide bonds. The van der Waals surface area contributed by atoms with E-state index < -0.39 is 0 Å². The number of morpholine rings is 2. The Morgan fingerprint density at radius 3 is 1.97 bits per heavy atom. The van der Waals surface area contributed by atoms with Gasteiger partial charge >= 0.3 is 0 Å². The lowest BCUT2D eigenvalue weighted by atomic mass is 9.83. The van der Waals surface area contributed by atoms with Crippen LogP contribution in [0.5, 0.6) is 0 Å². The van der Waals surface area contributed by atoms with Crippen molar-refractivity contribution < 1.29 is 9.47 Å². The molecule has 2 aromatic heterocycles. The van der Waals surface area contributed by atoms with E-state index in [1.54, 1.807) is 6.07 Å². The summed E-state index contributed by atoms with van der Waals surface area (Å²) in [5.41, 5.74) is 1.24. The molecule has 0 spiro atoms. The summed E-state index contributed by atoms with van der Waals surface area (Å²) in [7, 11) is 0. The summed E-state index contributed by atoms with van der Waals surface area (Å²) < 4.78 is 13.0. The maximum absolute atomic E-state index is 12.4. The Bertz CT molecular complexity index is 996. The first-order chi connectivity index (χ1) is 15.7. The van der Waals surface area contributed by atoms with Crippen molar-refractivity contribution in [1.29, 1.82) is 0 Å². The van der Waals surface area contributed by atoms with Crippen LogP contribution in [0.25, 0.3) is 0 Å². The average Bonchev–Trinajstić information content (AvgIpc) is 2.85. The zero-order chi connectivity index (χ0) is 21.5. The third-order valence-electron chi connectivity index (χ3n) is 6.95. The van der Waals surface area contributed by atoms with E-state index in [0.29, 0.717) is 38.3 Å². The summed E-state index contributed by atoms with van der Waals surface area (Å²) in [5, 5.41) is 0. The first-order valence-electron chi connectivity index (χ1n) is 11.6. The van der Waals surface area contributed by atoms with E-state index >= 15 is 0 Å². The first kappa shape index (κ1) is 19.9. The maximum Gasteiger partial charge on any atom is 0.250 e. The summed E-state index contributed by atoms with van der Waals surface area (Å²) >= 11 is 0. The Labute approximate surface area is 186 Å². The largest absolute Gasteiger partial charge is 0.378 e. The van der Waals surface area contributed by atoms with Crippen LogP contribution in [0, 0.1) is 5.92 Å². The summed E-state index contributed by atoms with van der Waals surface area (Å²) in [4.78, 5) is 33.7. The van der Waals surface area contributed by atoms with Crippen LogP contribution in [0.4, 0.5) is 17.8 Å². The molecule has 6 heterocycles. The van der Waals surface area contributed by atoms with Gasteiger partial charge in [0.15, 0.2) is 0 Å². The Morgan fingerprint density at radius 2 is 1.34 bits per heavy atom. The number of aromatic nitrogens is 4. The standard InChI is InChI=1S/C22H29N7O3/c30-19-3-1-2-18-17-12-16(14-29(18)19)13-28(15-17)22-24-20(26-4-8-31-9-5-26)23-21(25-22)27-6-10-32-11-7-27/h1-3,16-17H,4-15H2. The summed E-state index contributed by atoms with van der Waals surface area (Å²) in [6.07, 6.45) is 1.11. The van der Waals surface area contributed by atoms with E-state index in [-0.39, 0.29) is 5.56 Å². The van der Waals surface area contributed by atoms with Gasteiger partial charge in [-0.15, -0.1) is 0 Å². The molecule has 0 aromatic carbocycles. The zero-order valence-electron chi connectivity index (χ0n) is 18.2. The average molecular weight is 440 g/mol. The molecular weight excluding hydrogens is 410 g/mol. The smallest absolute Gasteiger partial charge is 0.250 e. The SMILES string of the molecule is O=c1cccc2n1CC1CC2CN(c2nc(N3CCOCC3)nc(N3CCOCC3)n2)C1. The van der Waals surface area contributed by atoms with Gasteiger partial charge in [-0.3, -0.25) is 4.79 Å². The molecule has 10 nitrogen and oxygen atoms in total. The fourth-order valence-corrected chi connectivity index (χ4v) is 5.35. The van der Waals surface area contributed by atoms with Gasteiger partial charge in [0.25, 0.3) is 5.56 Å². The Kier molecular flexibility index (Phi) is 5.18. The van der Waals surface area contributed by atoms with Crippen molar-refractivity contribution in [1.82, 2.24) is 19.5 Å². The van der Waals surface area contributed by atoms with E-state index in [1.807, 2.05) is 10.6 Å². The molecule has 0 saturated carbocycles.